The number of benzene rings is 2. The molecular weight excluding hydrogens is 338 g/mol. The number of nitrogens with zero attached hydrogens (tertiary/aromatic N) is 1. The second kappa shape index (κ2) is 6.24. The van der Waals surface area contributed by atoms with Crippen LogP contribution in [0.25, 0.3) is 0 Å². The van der Waals surface area contributed by atoms with Crippen LogP contribution in [0.3, 0.4) is 0 Å². The van der Waals surface area contributed by atoms with Crippen LogP contribution in [-0.4, -0.2) is 10.0 Å². The van der Waals surface area contributed by atoms with Crippen LogP contribution in [0, 0.1) is 17.0 Å². The predicted octanol–water partition coefficient (Wildman–Crippen LogP) is 4.51. The number of ether oxygens (including phenoxy) is 1. The quantitative estimate of drug-likeness (QED) is 0.649. The third-order valence-electron chi connectivity index (χ3n) is 3.02. The van der Waals surface area contributed by atoms with Gasteiger partial charge in [0.25, 0.3) is 5.69 Å². The topological polar surface area (TPSA) is 72.6 Å². The average Bonchev–Trinajstić information content (AvgIpc) is 2.40. The summed E-state index contributed by atoms with van der Waals surface area (Å²) in [5, 5.41) is 20.3. The van der Waals surface area contributed by atoms with Crippen molar-refractivity contribution in [2.24, 2.45) is 0 Å². The highest BCUT2D eigenvalue weighted by atomic mass is 79.9. The van der Waals surface area contributed by atoms with Gasteiger partial charge in [-0.2, -0.15) is 0 Å². The largest absolute Gasteiger partial charge is 0.457 e. The van der Waals surface area contributed by atoms with Gasteiger partial charge in [-0.15, -0.1) is 0 Å². The number of nitro benzene ring substituents is 1. The molecule has 0 radical (unpaired) electrons. The molecule has 1 N–H and O–H groups in total. The van der Waals surface area contributed by atoms with Gasteiger partial charge in [-0.1, -0.05) is 22.0 Å². The van der Waals surface area contributed by atoms with Crippen molar-refractivity contribution in [3.63, 3.8) is 0 Å². The highest BCUT2D eigenvalue weighted by molar-refractivity contribution is 9.10. The summed E-state index contributed by atoms with van der Waals surface area (Å²) < 4.78 is 6.47. The van der Waals surface area contributed by atoms with E-state index in [0.717, 1.165) is 10.0 Å². The van der Waals surface area contributed by atoms with Gasteiger partial charge in [0.1, 0.15) is 11.5 Å². The number of nitro groups is 1. The number of non-ortho nitro benzene ring substituents is 1. The Balaban J connectivity index is 2.26. The second-order valence-electron chi connectivity index (χ2n) is 4.67. The van der Waals surface area contributed by atoms with Crippen LogP contribution in [0.4, 0.5) is 5.69 Å². The number of aryl methyl sites for hydroxylation is 1. The molecule has 0 aliphatic rings. The van der Waals surface area contributed by atoms with Crippen LogP contribution in [0.2, 0.25) is 0 Å². The number of hydrogen-bond donors (Lipinski definition) is 1. The van der Waals surface area contributed by atoms with E-state index in [1.807, 2.05) is 0 Å². The standard InChI is InChI=1S/C15H14BrNO4/c1-9-7-11(17(19)20)3-6-15(9)21-12-4-5-13(10(2)18)14(16)8-12/h3-8,10,18H,1-2H3/t10-/m0/s1. The van der Waals surface area contributed by atoms with E-state index in [1.54, 1.807) is 38.1 Å². The van der Waals surface area contributed by atoms with Gasteiger partial charge < -0.3 is 9.84 Å². The Morgan fingerprint density at radius 3 is 2.52 bits per heavy atom. The Morgan fingerprint density at radius 2 is 2.00 bits per heavy atom. The molecule has 0 saturated carbocycles. The average molecular weight is 352 g/mol. The first kappa shape index (κ1) is 15.5. The summed E-state index contributed by atoms with van der Waals surface area (Å²) in [5.74, 6) is 1.14. The van der Waals surface area contributed by atoms with Crippen molar-refractivity contribution in [3.05, 3.63) is 62.1 Å². The first-order valence-electron chi connectivity index (χ1n) is 6.29. The lowest BCUT2D eigenvalue weighted by Crippen LogP contribution is -1.94. The number of aliphatic hydroxyl groups is 1. The summed E-state index contributed by atoms with van der Waals surface area (Å²) in [4.78, 5) is 10.3. The lowest BCUT2D eigenvalue weighted by atomic mass is 10.1. The van der Waals surface area contributed by atoms with E-state index < -0.39 is 11.0 Å². The molecule has 0 amide bonds. The first-order valence-corrected chi connectivity index (χ1v) is 7.08. The lowest BCUT2D eigenvalue weighted by molar-refractivity contribution is -0.384. The molecular formula is C15H14BrNO4. The van der Waals surface area contributed by atoms with Crippen LogP contribution >= 0.6 is 15.9 Å². The number of halogens is 1. The molecule has 1 atom stereocenters. The molecule has 0 fully saturated rings. The number of aliphatic hydroxyl groups excluding tert-OH is 1. The van der Waals surface area contributed by atoms with E-state index in [2.05, 4.69) is 15.9 Å². The fourth-order valence-corrected chi connectivity index (χ4v) is 2.59. The molecule has 110 valence electrons. The van der Waals surface area contributed by atoms with Gasteiger partial charge in [-0.25, -0.2) is 0 Å². The van der Waals surface area contributed by atoms with E-state index in [9.17, 15) is 15.2 Å². The Morgan fingerprint density at radius 1 is 1.29 bits per heavy atom. The zero-order valence-corrected chi connectivity index (χ0v) is 13.1. The summed E-state index contributed by atoms with van der Waals surface area (Å²) in [6.07, 6.45) is -0.575. The third-order valence-corrected chi connectivity index (χ3v) is 3.71. The van der Waals surface area contributed by atoms with Crippen molar-refractivity contribution in [1.82, 2.24) is 0 Å². The minimum absolute atomic E-state index is 0.0329. The van der Waals surface area contributed by atoms with Crippen LogP contribution < -0.4 is 4.74 Å². The fourth-order valence-electron chi connectivity index (χ4n) is 1.90. The van der Waals surface area contributed by atoms with Crippen molar-refractivity contribution in [2.75, 3.05) is 0 Å². The second-order valence-corrected chi connectivity index (χ2v) is 5.52. The molecule has 6 heteroatoms. The zero-order valence-electron chi connectivity index (χ0n) is 11.5. The van der Waals surface area contributed by atoms with Crippen LogP contribution in [-0.2, 0) is 0 Å². The molecule has 21 heavy (non-hydrogen) atoms. The Labute approximate surface area is 130 Å². The van der Waals surface area contributed by atoms with Crippen LogP contribution in [0.5, 0.6) is 11.5 Å². The monoisotopic (exact) mass is 351 g/mol. The molecule has 0 bridgehead atoms. The third kappa shape index (κ3) is 3.59. The smallest absolute Gasteiger partial charge is 0.269 e. The molecule has 2 rings (SSSR count). The molecule has 0 heterocycles. The van der Waals surface area contributed by atoms with Crippen molar-refractivity contribution in [1.29, 1.82) is 0 Å². The molecule has 2 aromatic carbocycles. The van der Waals surface area contributed by atoms with Gasteiger partial charge in [0.2, 0.25) is 0 Å². The van der Waals surface area contributed by atoms with E-state index >= 15 is 0 Å². The maximum atomic E-state index is 10.7. The number of rotatable bonds is 4. The highest BCUT2D eigenvalue weighted by Crippen LogP contribution is 2.32. The maximum Gasteiger partial charge on any atom is 0.269 e. The van der Waals surface area contributed by atoms with Crippen molar-refractivity contribution >= 4 is 21.6 Å². The van der Waals surface area contributed by atoms with Gasteiger partial charge in [0.05, 0.1) is 11.0 Å². The Bertz CT molecular complexity index is 685. The van der Waals surface area contributed by atoms with Gasteiger partial charge in [-0.05, 0) is 43.2 Å². The Hall–Kier alpha value is -1.92. The molecule has 0 spiro atoms. The zero-order chi connectivity index (χ0) is 15.6. The molecule has 0 aliphatic carbocycles. The molecule has 0 aliphatic heterocycles. The normalized spacial score (nSPS) is 12.0. The van der Waals surface area contributed by atoms with Gasteiger partial charge in [0.15, 0.2) is 0 Å². The highest BCUT2D eigenvalue weighted by Gasteiger charge is 2.11. The minimum Gasteiger partial charge on any atom is -0.457 e. The van der Waals surface area contributed by atoms with E-state index in [0.29, 0.717) is 17.1 Å². The summed E-state index contributed by atoms with van der Waals surface area (Å²) in [5.41, 5.74) is 1.48. The minimum atomic E-state index is -0.575. The summed E-state index contributed by atoms with van der Waals surface area (Å²) in [6, 6.07) is 9.71. The van der Waals surface area contributed by atoms with Crippen molar-refractivity contribution in [3.8, 4) is 11.5 Å². The summed E-state index contributed by atoms with van der Waals surface area (Å²) in [6.45, 7) is 3.43. The number of hydrogen-bond acceptors (Lipinski definition) is 4. The summed E-state index contributed by atoms with van der Waals surface area (Å²) >= 11 is 3.38. The van der Waals surface area contributed by atoms with Gasteiger partial charge in [0, 0.05) is 16.6 Å². The maximum absolute atomic E-state index is 10.7. The SMILES string of the molecule is Cc1cc([N+](=O)[O-])ccc1Oc1ccc([C@H](C)O)c(Br)c1. The van der Waals surface area contributed by atoms with Crippen molar-refractivity contribution < 1.29 is 14.8 Å². The van der Waals surface area contributed by atoms with Crippen molar-refractivity contribution in [2.45, 2.75) is 20.0 Å². The predicted molar refractivity (Wildman–Crippen MR) is 82.7 cm³/mol. The van der Waals surface area contributed by atoms with E-state index in [-0.39, 0.29) is 5.69 Å². The molecule has 0 saturated heterocycles. The fraction of sp³-hybridized carbons (Fsp3) is 0.200. The summed E-state index contributed by atoms with van der Waals surface area (Å²) in [7, 11) is 0. The molecule has 5 nitrogen and oxygen atoms in total. The Kier molecular flexibility index (Phi) is 4.59. The molecule has 0 unspecified atom stereocenters. The van der Waals surface area contributed by atoms with Crippen LogP contribution in [0.15, 0.2) is 40.9 Å². The van der Waals surface area contributed by atoms with E-state index in [1.165, 1.54) is 12.1 Å². The molecule has 0 aromatic heterocycles. The van der Waals surface area contributed by atoms with Gasteiger partial charge >= 0.3 is 0 Å². The lowest BCUT2D eigenvalue weighted by Gasteiger charge is -2.12. The molecule has 2 aromatic rings. The van der Waals surface area contributed by atoms with Crippen LogP contribution in [0.1, 0.15) is 24.2 Å². The first-order chi connectivity index (χ1) is 9.88. The van der Waals surface area contributed by atoms with E-state index in [4.69, 9.17) is 4.74 Å². The van der Waals surface area contributed by atoms with Gasteiger partial charge in [-0.3, -0.25) is 10.1 Å².